The van der Waals surface area contributed by atoms with Gasteiger partial charge in [-0.25, -0.2) is 21.5 Å². The topological polar surface area (TPSA) is 113 Å². The molecule has 0 bridgehead atoms. The highest BCUT2D eigenvalue weighted by atomic mass is 35.5. The second kappa shape index (κ2) is 11.6. The molecule has 0 aliphatic carbocycles. The fraction of sp³-hybridized carbons (Fsp3) is 0.200. The molecule has 8 nitrogen and oxygen atoms in total. The van der Waals surface area contributed by atoms with Gasteiger partial charge in [0.2, 0.25) is 19.9 Å². The molecule has 0 amide bonds. The van der Waals surface area contributed by atoms with Crippen molar-refractivity contribution >= 4 is 37.5 Å². The average molecular weight is 607 g/mol. The van der Waals surface area contributed by atoms with Crippen LogP contribution in [-0.4, -0.2) is 44.0 Å². The zero-order valence-corrected chi connectivity index (χ0v) is 24.6. The molecule has 1 aromatic heterocycles. The number of piperidine rings is 1. The van der Waals surface area contributed by atoms with E-state index in [0.717, 1.165) is 12.8 Å². The summed E-state index contributed by atoms with van der Waals surface area (Å²) in [5.74, 6) is 0.475. The van der Waals surface area contributed by atoms with Gasteiger partial charge < -0.3 is 0 Å². The van der Waals surface area contributed by atoms with Crippen molar-refractivity contribution in [3.05, 3.63) is 101 Å². The summed E-state index contributed by atoms with van der Waals surface area (Å²) in [6, 6.07) is 23.0. The Kier molecular flexibility index (Phi) is 8.16. The van der Waals surface area contributed by atoms with Gasteiger partial charge in [0, 0.05) is 35.4 Å². The third-order valence-electron chi connectivity index (χ3n) is 7.06. The van der Waals surface area contributed by atoms with Gasteiger partial charge in [-0.2, -0.15) is 14.7 Å². The van der Waals surface area contributed by atoms with Gasteiger partial charge in [0.25, 0.3) is 0 Å². The zero-order chi connectivity index (χ0) is 29.2. The van der Waals surface area contributed by atoms with E-state index in [0.29, 0.717) is 46.5 Å². The van der Waals surface area contributed by atoms with E-state index in [1.165, 1.54) is 34.6 Å². The van der Waals surface area contributed by atoms with Gasteiger partial charge in [-0.05, 0) is 73.4 Å². The van der Waals surface area contributed by atoms with E-state index in [2.05, 4.69) is 6.92 Å². The van der Waals surface area contributed by atoms with Crippen LogP contribution in [0, 0.1) is 17.2 Å². The van der Waals surface area contributed by atoms with Crippen LogP contribution in [0.1, 0.15) is 25.3 Å². The van der Waals surface area contributed by atoms with Gasteiger partial charge in [0.05, 0.1) is 15.5 Å². The molecule has 2 heterocycles. The number of rotatable bonds is 7. The Balaban J connectivity index is 1.62. The number of para-hydroxylation sites is 1. The van der Waals surface area contributed by atoms with Gasteiger partial charge in [0.1, 0.15) is 16.7 Å². The summed E-state index contributed by atoms with van der Waals surface area (Å²) < 4.78 is 56.7. The third kappa shape index (κ3) is 5.99. The van der Waals surface area contributed by atoms with Crippen molar-refractivity contribution in [2.45, 2.75) is 29.6 Å². The van der Waals surface area contributed by atoms with Crippen molar-refractivity contribution in [1.29, 1.82) is 5.26 Å². The number of hydrogen-bond acceptors (Lipinski definition) is 6. The first-order chi connectivity index (χ1) is 19.6. The molecule has 210 valence electrons. The number of hydrogen-bond donors (Lipinski definition) is 0. The molecular weight excluding hydrogens is 580 g/mol. The second-order valence-corrected chi connectivity index (χ2v) is 14.2. The molecule has 0 radical (unpaired) electrons. The van der Waals surface area contributed by atoms with Crippen LogP contribution < -0.4 is 0 Å². The molecule has 5 rings (SSSR count). The van der Waals surface area contributed by atoms with Crippen LogP contribution in [0.4, 0.5) is 0 Å². The Bertz CT molecular complexity index is 1850. The molecule has 11 heteroatoms. The van der Waals surface area contributed by atoms with Crippen molar-refractivity contribution in [3.63, 3.8) is 0 Å². The quantitative estimate of drug-likeness (QED) is 0.240. The summed E-state index contributed by atoms with van der Waals surface area (Å²) in [5.41, 5.74) is 1.85. The van der Waals surface area contributed by atoms with Crippen LogP contribution in [0.15, 0.2) is 99.8 Å². The Morgan fingerprint density at radius 2 is 1.63 bits per heavy atom. The second-order valence-electron chi connectivity index (χ2n) is 9.91. The lowest BCUT2D eigenvalue weighted by atomic mass is 10.0. The maximum atomic E-state index is 13.5. The lowest BCUT2D eigenvalue weighted by Gasteiger charge is -2.29. The molecule has 0 unspecified atom stereocenters. The highest BCUT2D eigenvalue weighted by Crippen LogP contribution is 2.31. The maximum Gasteiger partial charge on any atom is 0.243 e. The summed E-state index contributed by atoms with van der Waals surface area (Å²) in [6.45, 7) is 3.03. The molecule has 4 aromatic rings. The predicted octanol–water partition coefficient (Wildman–Crippen LogP) is 5.95. The largest absolute Gasteiger partial charge is 0.243 e. The van der Waals surface area contributed by atoms with Crippen LogP contribution in [-0.2, 0) is 19.9 Å². The van der Waals surface area contributed by atoms with E-state index < -0.39 is 24.8 Å². The summed E-state index contributed by atoms with van der Waals surface area (Å²) in [5, 5.41) is 15.0. The van der Waals surface area contributed by atoms with E-state index in [-0.39, 0.29) is 9.79 Å². The number of nitrogens with zero attached hydrogens (tertiary/aromatic N) is 4. The fourth-order valence-corrected chi connectivity index (χ4v) is 7.45. The highest BCUT2D eigenvalue weighted by molar-refractivity contribution is 7.95. The van der Waals surface area contributed by atoms with Crippen LogP contribution in [0.5, 0.6) is 0 Å². The zero-order valence-electron chi connectivity index (χ0n) is 22.2. The Hall–Kier alpha value is -3.75. The SMILES string of the molecule is CC1CCN(S(=O)(=O)c2cccc(-c3nn(-c4ccccc4)cc3C=C(C#N)S(=O)(=O)c3ccc(Cl)cc3)c2)CC1. The van der Waals surface area contributed by atoms with E-state index in [4.69, 9.17) is 16.7 Å². The first-order valence-electron chi connectivity index (χ1n) is 13.0. The van der Waals surface area contributed by atoms with Crippen LogP contribution in [0.3, 0.4) is 0 Å². The predicted molar refractivity (Wildman–Crippen MR) is 158 cm³/mol. The van der Waals surface area contributed by atoms with Crippen molar-refractivity contribution in [3.8, 4) is 23.0 Å². The summed E-state index contributed by atoms with van der Waals surface area (Å²) in [7, 11) is -7.91. The molecule has 3 aromatic carbocycles. The molecule has 0 spiro atoms. The van der Waals surface area contributed by atoms with Gasteiger partial charge in [-0.3, -0.25) is 0 Å². The summed E-state index contributed by atoms with van der Waals surface area (Å²) in [4.78, 5) is -0.432. The van der Waals surface area contributed by atoms with Crippen molar-refractivity contribution in [2.24, 2.45) is 5.92 Å². The number of nitriles is 1. The number of aromatic nitrogens is 2. The lowest BCUT2D eigenvalue weighted by molar-refractivity contribution is 0.288. The Labute approximate surface area is 245 Å². The van der Waals surface area contributed by atoms with Crippen molar-refractivity contribution in [1.82, 2.24) is 14.1 Å². The number of benzene rings is 3. The summed E-state index contributed by atoms with van der Waals surface area (Å²) >= 11 is 5.92. The lowest BCUT2D eigenvalue weighted by Crippen LogP contribution is -2.37. The minimum Gasteiger partial charge on any atom is -0.240 e. The van der Waals surface area contributed by atoms with Gasteiger partial charge in [-0.1, -0.05) is 48.9 Å². The number of sulfone groups is 1. The molecule has 41 heavy (non-hydrogen) atoms. The molecule has 0 atom stereocenters. The van der Waals surface area contributed by atoms with E-state index in [1.807, 2.05) is 36.4 Å². The highest BCUT2D eigenvalue weighted by Gasteiger charge is 2.29. The van der Waals surface area contributed by atoms with Gasteiger partial charge in [0.15, 0.2) is 0 Å². The molecule has 1 aliphatic rings. The monoisotopic (exact) mass is 606 g/mol. The number of sulfonamides is 1. The molecule has 0 saturated carbocycles. The first kappa shape index (κ1) is 28.8. The number of halogens is 1. The minimum atomic E-state index is -4.17. The van der Waals surface area contributed by atoms with Crippen LogP contribution in [0.25, 0.3) is 23.0 Å². The summed E-state index contributed by atoms with van der Waals surface area (Å²) in [6.07, 6.45) is 4.48. The van der Waals surface area contributed by atoms with Crippen molar-refractivity contribution in [2.75, 3.05) is 13.1 Å². The smallest absolute Gasteiger partial charge is 0.240 e. The van der Waals surface area contributed by atoms with Crippen molar-refractivity contribution < 1.29 is 16.8 Å². The first-order valence-corrected chi connectivity index (χ1v) is 16.3. The minimum absolute atomic E-state index is 0.0735. The molecular formula is C30H27ClN4O4S2. The maximum absolute atomic E-state index is 13.5. The fourth-order valence-electron chi connectivity index (χ4n) is 4.66. The van der Waals surface area contributed by atoms with E-state index >= 15 is 0 Å². The molecule has 0 N–H and O–H groups in total. The average Bonchev–Trinajstić information content (AvgIpc) is 3.41. The Morgan fingerprint density at radius 3 is 2.29 bits per heavy atom. The standard InChI is InChI=1S/C30H27ClN4O4S2/c1-22-14-16-34(17-15-22)41(38,39)28-9-5-6-23(18-28)30-24(21-35(33-30)26-7-3-2-4-8-26)19-29(20-32)40(36,37)27-12-10-25(31)11-13-27/h2-13,18-19,21-22H,14-17H2,1H3. The molecule has 1 fully saturated rings. The van der Waals surface area contributed by atoms with E-state index in [9.17, 15) is 22.1 Å². The molecule has 1 saturated heterocycles. The normalized spacial score (nSPS) is 15.5. The van der Waals surface area contributed by atoms with E-state index in [1.54, 1.807) is 35.1 Å². The van der Waals surface area contributed by atoms with Crippen LogP contribution >= 0.6 is 11.6 Å². The van der Waals surface area contributed by atoms with Gasteiger partial charge >= 0.3 is 0 Å². The molecule has 1 aliphatic heterocycles. The Morgan fingerprint density at radius 1 is 0.951 bits per heavy atom. The third-order valence-corrected chi connectivity index (χ3v) is 10.9. The number of allylic oxidation sites excluding steroid dienone is 1. The van der Waals surface area contributed by atoms with Crippen LogP contribution in [0.2, 0.25) is 5.02 Å². The van der Waals surface area contributed by atoms with Gasteiger partial charge in [-0.15, -0.1) is 0 Å².